The number of H-pyrrole nitrogens is 1. The van der Waals surface area contributed by atoms with Gasteiger partial charge in [0.15, 0.2) is 0 Å². The van der Waals surface area contributed by atoms with Crippen molar-refractivity contribution < 1.29 is 8.78 Å². The van der Waals surface area contributed by atoms with Gasteiger partial charge in [0.05, 0.1) is 5.39 Å². The van der Waals surface area contributed by atoms with Crippen LogP contribution in [0, 0.1) is 11.6 Å². The van der Waals surface area contributed by atoms with E-state index < -0.39 is 11.6 Å². The van der Waals surface area contributed by atoms with E-state index in [1.165, 1.54) is 12.1 Å². The summed E-state index contributed by atoms with van der Waals surface area (Å²) >= 11 is 5.81. The molecule has 4 nitrogen and oxygen atoms in total. The Morgan fingerprint density at radius 2 is 1.90 bits per heavy atom. The van der Waals surface area contributed by atoms with Gasteiger partial charge in [-0.25, -0.2) is 13.8 Å². The quantitative estimate of drug-likeness (QED) is 0.727. The van der Waals surface area contributed by atoms with Gasteiger partial charge in [-0.2, -0.15) is 4.98 Å². The Kier molecular flexibility index (Phi) is 3.23. The molecule has 0 saturated carbocycles. The molecule has 3 rings (SSSR count). The number of aromatic nitrogens is 3. The third-order valence-electron chi connectivity index (χ3n) is 2.77. The van der Waals surface area contributed by atoms with Crippen molar-refractivity contribution in [1.29, 1.82) is 0 Å². The fourth-order valence-corrected chi connectivity index (χ4v) is 2.12. The number of halogens is 3. The molecule has 0 atom stereocenters. The largest absolute Gasteiger partial charge is 0.365 e. The van der Waals surface area contributed by atoms with Crippen molar-refractivity contribution in [2.24, 2.45) is 0 Å². The minimum atomic E-state index is -0.616. The molecular weight excluding hydrogens is 286 g/mol. The van der Waals surface area contributed by atoms with Gasteiger partial charge in [0.2, 0.25) is 5.28 Å². The lowest BCUT2D eigenvalue weighted by molar-refractivity contribution is 0.580. The zero-order chi connectivity index (χ0) is 14.1. The predicted octanol–water partition coefficient (Wildman–Crippen LogP) is 3.50. The number of fused-ring (bicyclic) bond motifs is 1. The Labute approximate surface area is 117 Å². The van der Waals surface area contributed by atoms with Crippen LogP contribution in [0.5, 0.6) is 0 Å². The van der Waals surface area contributed by atoms with E-state index in [-0.39, 0.29) is 11.8 Å². The van der Waals surface area contributed by atoms with E-state index in [0.29, 0.717) is 17.0 Å². The number of nitrogens with one attached hydrogen (secondary N) is 2. The zero-order valence-corrected chi connectivity index (χ0v) is 10.9. The molecule has 0 unspecified atom stereocenters. The van der Waals surface area contributed by atoms with Crippen LogP contribution < -0.4 is 5.32 Å². The minimum Gasteiger partial charge on any atom is -0.365 e. The van der Waals surface area contributed by atoms with Gasteiger partial charge in [0, 0.05) is 18.8 Å². The van der Waals surface area contributed by atoms with Gasteiger partial charge in [-0.05, 0) is 35.4 Å². The highest BCUT2D eigenvalue weighted by Gasteiger charge is 2.08. The number of hydrogen-bond donors (Lipinski definition) is 2. The summed E-state index contributed by atoms with van der Waals surface area (Å²) in [7, 11) is 0. The molecular formula is C13H9ClF2N4. The number of anilines is 1. The van der Waals surface area contributed by atoms with Crippen LogP contribution in [0.2, 0.25) is 5.28 Å². The van der Waals surface area contributed by atoms with Gasteiger partial charge in [-0.15, -0.1) is 0 Å². The van der Waals surface area contributed by atoms with Crippen molar-refractivity contribution in [2.75, 3.05) is 5.32 Å². The Morgan fingerprint density at radius 1 is 1.15 bits per heavy atom. The molecule has 0 fully saturated rings. The molecule has 0 amide bonds. The number of rotatable bonds is 3. The molecule has 2 N–H and O–H groups in total. The van der Waals surface area contributed by atoms with Gasteiger partial charge >= 0.3 is 0 Å². The van der Waals surface area contributed by atoms with E-state index in [2.05, 4.69) is 20.3 Å². The number of hydrogen-bond acceptors (Lipinski definition) is 3. The maximum absolute atomic E-state index is 13.1. The average Bonchev–Trinajstić information content (AvgIpc) is 2.82. The second-order valence-corrected chi connectivity index (χ2v) is 4.55. The Bertz CT molecular complexity index is 752. The molecule has 0 bridgehead atoms. The van der Waals surface area contributed by atoms with E-state index in [9.17, 15) is 8.78 Å². The van der Waals surface area contributed by atoms with Crippen molar-refractivity contribution in [3.05, 3.63) is 52.9 Å². The van der Waals surface area contributed by atoms with Gasteiger partial charge in [0.1, 0.15) is 23.1 Å². The standard InChI is InChI=1S/C13H9ClF2N4/c14-13-19-11-10(1-2-17-11)12(20-13)18-6-7-3-8(15)5-9(16)4-7/h1-5H,6H2,(H2,17,18,19,20). The summed E-state index contributed by atoms with van der Waals surface area (Å²) < 4.78 is 26.2. The molecule has 2 heterocycles. The van der Waals surface area contributed by atoms with Gasteiger partial charge in [-0.3, -0.25) is 0 Å². The lowest BCUT2D eigenvalue weighted by atomic mass is 10.2. The van der Waals surface area contributed by atoms with E-state index in [1.807, 2.05) is 0 Å². The zero-order valence-electron chi connectivity index (χ0n) is 10.1. The van der Waals surface area contributed by atoms with Crippen molar-refractivity contribution >= 4 is 28.5 Å². The molecule has 0 radical (unpaired) electrons. The molecule has 2 aromatic heterocycles. The predicted molar refractivity (Wildman–Crippen MR) is 72.6 cm³/mol. The normalized spacial score (nSPS) is 10.9. The second-order valence-electron chi connectivity index (χ2n) is 4.21. The van der Waals surface area contributed by atoms with Crippen LogP contribution >= 0.6 is 11.6 Å². The highest BCUT2D eigenvalue weighted by atomic mass is 35.5. The Hall–Kier alpha value is -2.21. The van der Waals surface area contributed by atoms with Crippen LogP contribution in [-0.4, -0.2) is 15.0 Å². The van der Waals surface area contributed by atoms with E-state index >= 15 is 0 Å². The van der Waals surface area contributed by atoms with Crippen LogP contribution in [0.3, 0.4) is 0 Å². The van der Waals surface area contributed by atoms with Crippen molar-refractivity contribution in [1.82, 2.24) is 15.0 Å². The third kappa shape index (κ3) is 2.55. The summed E-state index contributed by atoms with van der Waals surface area (Å²) in [6.07, 6.45) is 1.71. The molecule has 1 aromatic carbocycles. The first-order valence-electron chi connectivity index (χ1n) is 5.81. The monoisotopic (exact) mass is 294 g/mol. The first-order valence-corrected chi connectivity index (χ1v) is 6.19. The topological polar surface area (TPSA) is 53.6 Å². The van der Waals surface area contributed by atoms with Crippen LogP contribution in [0.25, 0.3) is 11.0 Å². The molecule has 0 aliphatic rings. The number of benzene rings is 1. The van der Waals surface area contributed by atoms with E-state index in [0.717, 1.165) is 11.5 Å². The number of nitrogens with zero attached hydrogens (tertiary/aromatic N) is 2. The second kappa shape index (κ2) is 5.05. The van der Waals surface area contributed by atoms with E-state index in [1.54, 1.807) is 12.3 Å². The Balaban J connectivity index is 1.88. The molecule has 102 valence electrons. The highest BCUT2D eigenvalue weighted by Crippen LogP contribution is 2.21. The maximum atomic E-state index is 13.1. The molecule has 7 heteroatoms. The fourth-order valence-electron chi connectivity index (χ4n) is 1.95. The van der Waals surface area contributed by atoms with Crippen molar-refractivity contribution in [2.45, 2.75) is 6.54 Å². The third-order valence-corrected chi connectivity index (χ3v) is 2.94. The summed E-state index contributed by atoms with van der Waals surface area (Å²) in [6, 6.07) is 5.13. The lowest BCUT2D eigenvalue weighted by Gasteiger charge is -2.07. The first kappa shape index (κ1) is 12.8. The van der Waals surface area contributed by atoms with Crippen LogP contribution in [0.1, 0.15) is 5.56 Å². The molecule has 0 spiro atoms. The maximum Gasteiger partial charge on any atom is 0.226 e. The molecule has 0 saturated heterocycles. The van der Waals surface area contributed by atoms with Crippen molar-refractivity contribution in [3.63, 3.8) is 0 Å². The number of aromatic amines is 1. The molecule has 0 aliphatic carbocycles. The minimum absolute atomic E-state index is 0.0906. The summed E-state index contributed by atoms with van der Waals surface area (Å²) in [6.45, 7) is 0.225. The summed E-state index contributed by atoms with van der Waals surface area (Å²) in [4.78, 5) is 11.0. The van der Waals surface area contributed by atoms with Crippen LogP contribution in [-0.2, 0) is 6.54 Å². The Morgan fingerprint density at radius 3 is 2.65 bits per heavy atom. The van der Waals surface area contributed by atoms with Crippen LogP contribution in [0.4, 0.5) is 14.6 Å². The summed E-state index contributed by atoms with van der Waals surface area (Å²) in [5.74, 6) is -0.727. The molecule has 20 heavy (non-hydrogen) atoms. The molecule has 0 aliphatic heterocycles. The van der Waals surface area contributed by atoms with Gasteiger partial charge in [0.25, 0.3) is 0 Å². The summed E-state index contributed by atoms with van der Waals surface area (Å²) in [5.41, 5.74) is 1.07. The first-order chi connectivity index (χ1) is 9.61. The molecule has 3 aromatic rings. The van der Waals surface area contributed by atoms with E-state index in [4.69, 9.17) is 11.6 Å². The van der Waals surface area contributed by atoms with Gasteiger partial charge in [-0.1, -0.05) is 0 Å². The van der Waals surface area contributed by atoms with Gasteiger partial charge < -0.3 is 10.3 Å². The smallest absolute Gasteiger partial charge is 0.226 e. The lowest BCUT2D eigenvalue weighted by Crippen LogP contribution is -2.03. The van der Waals surface area contributed by atoms with Crippen molar-refractivity contribution in [3.8, 4) is 0 Å². The summed E-state index contributed by atoms with van der Waals surface area (Å²) in [5, 5.41) is 3.84. The fraction of sp³-hybridized carbons (Fsp3) is 0.0769. The SMILES string of the molecule is Fc1cc(F)cc(CNc2nc(Cl)nc3[nH]ccc23)c1. The highest BCUT2D eigenvalue weighted by molar-refractivity contribution is 6.28. The average molecular weight is 295 g/mol. The van der Waals surface area contributed by atoms with Crippen LogP contribution in [0.15, 0.2) is 30.5 Å².